The number of nitrogens with one attached hydrogen (secondary N) is 1. The number of hydrogen-bond donors (Lipinski definition) is 1. The van der Waals surface area contributed by atoms with Crippen LogP contribution in [0.1, 0.15) is 5.56 Å². The van der Waals surface area contributed by atoms with Gasteiger partial charge in [0, 0.05) is 0 Å². The fourth-order valence-electron chi connectivity index (χ4n) is 1.34. The molecule has 1 aromatic carbocycles. The van der Waals surface area contributed by atoms with Crippen LogP contribution in [0.15, 0.2) is 18.2 Å². The molecule has 5 heteroatoms. The lowest BCUT2D eigenvalue weighted by atomic mass is 10.1. The van der Waals surface area contributed by atoms with Gasteiger partial charge < -0.3 is 14.8 Å². The number of carbonyl (C=O) groups is 1. The Balaban J connectivity index is 2.86. The Hall–Kier alpha value is -1.42. The zero-order chi connectivity index (χ0) is 12.0. The zero-order valence-corrected chi connectivity index (χ0v) is 10.0. The average molecular weight is 244 g/mol. The van der Waals surface area contributed by atoms with Crippen molar-refractivity contribution in [3.05, 3.63) is 23.8 Å². The summed E-state index contributed by atoms with van der Waals surface area (Å²) in [6, 6.07) is 5.44. The van der Waals surface area contributed by atoms with Crippen LogP contribution >= 0.6 is 11.6 Å². The number of carbonyl (C=O) groups excluding carboxylic acids is 1. The van der Waals surface area contributed by atoms with Crippen molar-refractivity contribution in [2.24, 2.45) is 0 Å². The lowest BCUT2D eigenvalue weighted by molar-refractivity contribution is -0.118. The third kappa shape index (κ3) is 3.03. The number of rotatable bonds is 5. The summed E-state index contributed by atoms with van der Waals surface area (Å²) in [7, 11) is 3.14. The maximum absolute atomic E-state index is 11.1. The third-order valence-corrected chi connectivity index (χ3v) is 2.36. The standard InChI is InChI=1S/C11H14ClNO3/c1-15-9-4-3-5-10(16-2)8(9)7-13-11(14)6-12/h3-5H,6-7H2,1-2H3,(H,13,14). The molecule has 0 bridgehead atoms. The van der Waals surface area contributed by atoms with Crippen LogP contribution in [0.5, 0.6) is 11.5 Å². The van der Waals surface area contributed by atoms with E-state index in [1.807, 2.05) is 18.2 Å². The Kier molecular flexibility index (Phi) is 4.92. The average Bonchev–Trinajstić information content (AvgIpc) is 2.35. The van der Waals surface area contributed by atoms with Crippen molar-refractivity contribution in [3.8, 4) is 11.5 Å². The zero-order valence-electron chi connectivity index (χ0n) is 9.25. The lowest BCUT2D eigenvalue weighted by Crippen LogP contribution is -2.24. The summed E-state index contributed by atoms with van der Waals surface area (Å²) in [5.41, 5.74) is 0.797. The van der Waals surface area contributed by atoms with Crippen LogP contribution in [-0.2, 0) is 11.3 Å². The maximum atomic E-state index is 11.1. The largest absolute Gasteiger partial charge is 0.496 e. The SMILES string of the molecule is COc1cccc(OC)c1CNC(=O)CCl. The Morgan fingerprint density at radius 1 is 1.31 bits per heavy atom. The Morgan fingerprint density at radius 2 is 1.88 bits per heavy atom. The molecule has 4 nitrogen and oxygen atoms in total. The van der Waals surface area contributed by atoms with Gasteiger partial charge in [0.25, 0.3) is 0 Å². The van der Waals surface area contributed by atoms with Crippen LogP contribution < -0.4 is 14.8 Å². The second-order valence-corrected chi connectivity index (χ2v) is 3.32. The van der Waals surface area contributed by atoms with E-state index in [1.165, 1.54) is 0 Å². The van der Waals surface area contributed by atoms with E-state index >= 15 is 0 Å². The topological polar surface area (TPSA) is 47.6 Å². The number of hydrogen-bond acceptors (Lipinski definition) is 3. The van der Waals surface area contributed by atoms with Crippen molar-refractivity contribution in [3.63, 3.8) is 0 Å². The molecule has 0 heterocycles. The van der Waals surface area contributed by atoms with Gasteiger partial charge in [0.1, 0.15) is 17.4 Å². The van der Waals surface area contributed by atoms with Crippen LogP contribution in [0.25, 0.3) is 0 Å². The first kappa shape index (κ1) is 12.6. The van der Waals surface area contributed by atoms with E-state index in [-0.39, 0.29) is 11.8 Å². The molecule has 0 spiro atoms. The molecular weight excluding hydrogens is 230 g/mol. The van der Waals surface area contributed by atoms with Crippen LogP contribution in [0.4, 0.5) is 0 Å². The van der Waals surface area contributed by atoms with Gasteiger partial charge in [-0.3, -0.25) is 4.79 Å². The minimum atomic E-state index is -0.227. The first-order chi connectivity index (χ1) is 7.72. The van der Waals surface area contributed by atoms with Crippen molar-refractivity contribution in [2.45, 2.75) is 6.54 Å². The van der Waals surface area contributed by atoms with Crippen LogP contribution in [0, 0.1) is 0 Å². The molecule has 1 rings (SSSR count). The fraction of sp³-hybridized carbons (Fsp3) is 0.364. The molecular formula is C11H14ClNO3. The highest BCUT2D eigenvalue weighted by atomic mass is 35.5. The molecule has 1 amide bonds. The first-order valence-electron chi connectivity index (χ1n) is 4.75. The summed E-state index contributed by atoms with van der Waals surface area (Å²) in [4.78, 5) is 11.1. The number of methoxy groups -OCH3 is 2. The molecule has 0 aliphatic heterocycles. The summed E-state index contributed by atoms with van der Waals surface area (Å²) in [6.07, 6.45) is 0. The van der Waals surface area contributed by atoms with Gasteiger partial charge in [0.2, 0.25) is 5.91 Å². The number of halogens is 1. The van der Waals surface area contributed by atoms with Crippen LogP contribution in [-0.4, -0.2) is 26.0 Å². The molecule has 0 radical (unpaired) electrons. The highest BCUT2D eigenvalue weighted by Gasteiger charge is 2.10. The van der Waals surface area contributed by atoms with Gasteiger partial charge in [-0.25, -0.2) is 0 Å². The fourth-order valence-corrected chi connectivity index (χ4v) is 1.43. The third-order valence-electron chi connectivity index (χ3n) is 2.11. The van der Waals surface area contributed by atoms with Crippen molar-refractivity contribution >= 4 is 17.5 Å². The Labute approximate surface area is 99.5 Å². The van der Waals surface area contributed by atoms with Gasteiger partial charge in [0.15, 0.2) is 0 Å². The normalized spacial score (nSPS) is 9.69. The maximum Gasteiger partial charge on any atom is 0.235 e. The first-order valence-corrected chi connectivity index (χ1v) is 5.29. The van der Waals surface area contributed by atoms with Crippen molar-refractivity contribution in [1.29, 1.82) is 0 Å². The monoisotopic (exact) mass is 243 g/mol. The smallest absolute Gasteiger partial charge is 0.235 e. The number of alkyl halides is 1. The van der Waals surface area contributed by atoms with Crippen molar-refractivity contribution in [2.75, 3.05) is 20.1 Å². The summed E-state index contributed by atoms with van der Waals surface area (Å²) in [6.45, 7) is 0.332. The van der Waals surface area contributed by atoms with E-state index in [0.717, 1.165) is 5.56 Å². The van der Waals surface area contributed by atoms with Crippen molar-refractivity contribution in [1.82, 2.24) is 5.32 Å². The Bertz CT molecular complexity index is 346. The van der Waals surface area contributed by atoms with Crippen LogP contribution in [0.3, 0.4) is 0 Å². The van der Waals surface area contributed by atoms with Gasteiger partial charge in [-0.2, -0.15) is 0 Å². The van der Waals surface area contributed by atoms with E-state index in [9.17, 15) is 4.79 Å². The van der Waals surface area contributed by atoms with Crippen molar-refractivity contribution < 1.29 is 14.3 Å². The number of amides is 1. The molecule has 0 saturated carbocycles. The van der Waals surface area contributed by atoms with Gasteiger partial charge in [-0.1, -0.05) is 6.07 Å². The molecule has 16 heavy (non-hydrogen) atoms. The van der Waals surface area contributed by atoms with Gasteiger partial charge >= 0.3 is 0 Å². The molecule has 0 aliphatic rings. The summed E-state index contributed by atoms with van der Waals surface area (Å²) in [5.74, 6) is 1.07. The van der Waals surface area contributed by atoms with Gasteiger partial charge in [-0.15, -0.1) is 11.6 Å². The molecule has 1 N–H and O–H groups in total. The van der Waals surface area contributed by atoms with Gasteiger partial charge in [0.05, 0.1) is 26.3 Å². The predicted octanol–water partition coefficient (Wildman–Crippen LogP) is 1.56. The molecule has 0 aromatic heterocycles. The molecule has 1 aromatic rings. The van der Waals surface area contributed by atoms with E-state index in [1.54, 1.807) is 14.2 Å². The van der Waals surface area contributed by atoms with E-state index in [2.05, 4.69) is 5.32 Å². The highest BCUT2D eigenvalue weighted by molar-refractivity contribution is 6.27. The molecule has 88 valence electrons. The number of ether oxygens (including phenoxy) is 2. The second-order valence-electron chi connectivity index (χ2n) is 3.05. The van der Waals surface area contributed by atoms with Crippen LogP contribution in [0.2, 0.25) is 0 Å². The second kappa shape index (κ2) is 6.23. The van der Waals surface area contributed by atoms with E-state index < -0.39 is 0 Å². The summed E-state index contributed by atoms with van der Waals surface area (Å²) >= 11 is 5.39. The number of benzene rings is 1. The van der Waals surface area contributed by atoms with Gasteiger partial charge in [-0.05, 0) is 12.1 Å². The minimum absolute atomic E-state index is 0.0581. The van der Waals surface area contributed by atoms with E-state index in [4.69, 9.17) is 21.1 Å². The lowest BCUT2D eigenvalue weighted by Gasteiger charge is -2.13. The summed E-state index contributed by atoms with van der Waals surface area (Å²) < 4.78 is 10.4. The summed E-state index contributed by atoms with van der Waals surface area (Å²) in [5, 5.41) is 2.67. The van der Waals surface area contributed by atoms with E-state index in [0.29, 0.717) is 18.0 Å². The highest BCUT2D eigenvalue weighted by Crippen LogP contribution is 2.27. The molecule has 0 unspecified atom stereocenters. The molecule has 0 fully saturated rings. The molecule has 0 atom stereocenters. The minimum Gasteiger partial charge on any atom is -0.496 e. The Morgan fingerprint density at radius 3 is 2.31 bits per heavy atom. The predicted molar refractivity (Wildman–Crippen MR) is 62.1 cm³/mol. The molecule has 0 aliphatic carbocycles. The molecule has 0 saturated heterocycles. The quantitative estimate of drug-likeness (QED) is 0.799.